The summed E-state index contributed by atoms with van der Waals surface area (Å²) in [6.45, 7) is 19.4. The van der Waals surface area contributed by atoms with Gasteiger partial charge in [0, 0.05) is 25.2 Å². The molecular formula is C15H34N2O. The van der Waals surface area contributed by atoms with Gasteiger partial charge in [-0.15, -0.1) is 0 Å². The van der Waals surface area contributed by atoms with Crippen LogP contribution in [0.3, 0.4) is 0 Å². The van der Waals surface area contributed by atoms with Gasteiger partial charge in [0.05, 0.1) is 12.7 Å². The Kier molecular flexibility index (Phi) is 9.70. The van der Waals surface area contributed by atoms with E-state index in [2.05, 4.69) is 58.7 Å². The number of hydrogen-bond acceptors (Lipinski definition) is 3. The van der Waals surface area contributed by atoms with Gasteiger partial charge in [0.15, 0.2) is 0 Å². The van der Waals surface area contributed by atoms with Gasteiger partial charge in [-0.25, -0.2) is 0 Å². The van der Waals surface area contributed by atoms with E-state index in [0.29, 0.717) is 24.1 Å². The third-order valence-electron chi connectivity index (χ3n) is 3.06. The van der Waals surface area contributed by atoms with Crippen molar-refractivity contribution in [1.29, 1.82) is 0 Å². The minimum absolute atomic E-state index is 0.296. The molecule has 0 aromatic rings. The highest BCUT2D eigenvalue weighted by molar-refractivity contribution is 4.67. The maximum absolute atomic E-state index is 5.85. The summed E-state index contributed by atoms with van der Waals surface area (Å²) in [5, 5.41) is 3.43. The molecule has 0 aromatic carbocycles. The van der Waals surface area contributed by atoms with Gasteiger partial charge < -0.3 is 10.1 Å². The molecule has 0 heterocycles. The van der Waals surface area contributed by atoms with Crippen molar-refractivity contribution in [2.75, 3.05) is 26.2 Å². The third-order valence-corrected chi connectivity index (χ3v) is 3.06. The van der Waals surface area contributed by atoms with Gasteiger partial charge in [0.25, 0.3) is 0 Å². The van der Waals surface area contributed by atoms with E-state index < -0.39 is 0 Å². The summed E-state index contributed by atoms with van der Waals surface area (Å²) >= 11 is 0. The standard InChI is InChI=1S/C15H34N2O/c1-12(2)10-16-11-15(7)18-9-8-17(13(3)4)14(5)6/h12-16H,8-11H2,1-7H3. The predicted molar refractivity (Wildman–Crippen MR) is 80.1 cm³/mol. The highest BCUT2D eigenvalue weighted by atomic mass is 16.5. The van der Waals surface area contributed by atoms with Gasteiger partial charge in [-0.1, -0.05) is 13.8 Å². The summed E-state index contributed by atoms with van der Waals surface area (Å²) in [7, 11) is 0. The molecule has 0 bridgehead atoms. The molecule has 0 rings (SSSR count). The lowest BCUT2D eigenvalue weighted by Gasteiger charge is -2.30. The number of nitrogens with one attached hydrogen (secondary N) is 1. The van der Waals surface area contributed by atoms with Gasteiger partial charge in [0.2, 0.25) is 0 Å². The summed E-state index contributed by atoms with van der Waals surface area (Å²) < 4.78 is 5.85. The first-order chi connectivity index (χ1) is 8.34. The Balaban J connectivity index is 3.68. The lowest BCUT2D eigenvalue weighted by molar-refractivity contribution is 0.0347. The first-order valence-corrected chi connectivity index (χ1v) is 7.42. The van der Waals surface area contributed by atoms with Gasteiger partial charge in [0.1, 0.15) is 0 Å². The molecule has 18 heavy (non-hydrogen) atoms. The minimum Gasteiger partial charge on any atom is -0.376 e. The molecule has 3 heteroatoms. The van der Waals surface area contributed by atoms with Crippen LogP contribution in [0.1, 0.15) is 48.5 Å². The van der Waals surface area contributed by atoms with Crippen LogP contribution in [-0.2, 0) is 4.74 Å². The molecule has 0 amide bonds. The molecule has 0 radical (unpaired) electrons. The van der Waals surface area contributed by atoms with Crippen molar-refractivity contribution in [2.45, 2.75) is 66.7 Å². The zero-order valence-corrected chi connectivity index (χ0v) is 13.5. The number of ether oxygens (including phenoxy) is 1. The molecule has 0 fully saturated rings. The zero-order chi connectivity index (χ0) is 14.1. The van der Waals surface area contributed by atoms with Crippen LogP contribution in [0.25, 0.3) is 0 Å². The van der Waals surface area contributed by atoms with Crippen LogP contribution in [-0.4, -0.2) is 49.3 Å². The van der Waals surface area contributed by atoms with Crippen LogP contribution in [0.15, 0.2) is 0 Å². The van der Waals surface area contributed by atoms with Crippen molar-refractivity contribution >= 4 is 0 Å². The summed E-state index contributed by atoms with van der Waals surface area (Å²) in [4.78, 5) is 2.47. The molecule has 1 N–H and O–H groups in total. The van der Waals surface area contributed by atoms with Crippen molar-refractivity contribution in [1.82, 2.24) is 10.2 Å². The maximum Gasteiger partial charge on any atom is 0.0672 e. The summed E-state index contributed by atoms with van der Waals surface area (Å²) in [6, 6.07) is 1.17. The van der Waals surface area contributed by atoms with Crippen molar-refractivity contribution in [2.24, 2.45) is 5.92 Å². The third kappa shape index (κ3) is 8.90. The maximum atomic E-state index is 5.85. The lowest BCUT2D eigenvalue weighted by Crippen LogP contribution is -2.40. The van der Waals surface area contributed by atoms with Crippen LogP contribution in [0, 0.1) is 5.92 Å². The lowest BCUT2D eigenvalue weighted by atomic mass is 10.2. The van der Waals surface area contributed by atoms with Gasteiger partial charge in [-0.2, -0.15) is 0 Å². The van der Waals surface area contributed by atoms with Crippen molar-refractivity contribution in [3.05, 3.63) is 0 Å². The van der Waals surface area contributed by atoms with Crippen LogP contribution in [0.5, 0.6) is 0 Å². The highest BCUT2D eigenvalue weighted by Crippen LogP contribution is 2.04. The Labute approximate surface area is 114 Å². The van der Waals surface area contributed by atoms with Crippen LogP contribution >= 0.6 is 0 Å². The number of hydrogen-bond donors (Lipinski definition) is 1. The highest BCUT2D eigenvalue weighted by Gasteiger charge is 2.13. The molecule has 1 atom stereocenters. The smallest absolute Gasteiger partial charge is 0.0672 e. The van der Waals surface area contributed by atoms with Crippen molar-refractivity contribution in [3.8, 4) is 0 Å². The van der Waals surface area contributed by atoms with Crippen LogP contribution in [0.4, 0.5) is 0 Å². The van der Waals surface area contributed by atoms with Gasteiger partial charge in [-0.3, -0.25) is 4.90 Å². The number of rotatable bonds is 10. The van der Waals surface area contributed by atoms with Crippen LogP contribution in [0.2, 0.25) is 0 Å². The molecule has 1 unspecified atom stereocenters. The first kappa shape index (κ1) is 17.9. The van der Waals surface area contributed by atoms with Crippen molar-refractivity contribution in [3.63, 3.8) is 0 Å². The van der Waals surface area contributed by atoms with Crippen molar-refractivity contribution < 1.29 is 4.74 Å². The minimum atomic E-state index is 0.296. The topological polar surface area (TPSA) is 24.5 Å². The Morgan fingerprint density at radius 3 is 1.89 bits per heavy atom. The molecule has 3 nitrogen and oxygen atoms in total. The summed E-state index contributed by atoms with van der Waals surface area (Å²) in [6.07, 6.45) is 0.296. The second-order valence-electron chi connectivity index (χ2n) is 6.16. The average molecular weight is 258 g/mol. The fraction of sp³-hybridized carbons (Fsp3) is 1.00. The molecular weight excluding hydrogens is 224 g/mol. The first-order valence-electron chi connectivity index (χ1n) is 7.42. The van der Waals surface area contributed by atoms with E-state index in [1.54, 1.807) is 0 Å². The molecule has 0 saturated heterocycles. The monoisotopic (exact) mass is 258 g/mol. The Morgan fingerprint density at radius 1 is 0.889 bits per heavy atom. The normalized spacial score (nSPS) is 14.2. The summed E-state index contributed by atoms with van der Waals surface area (Å²) in [5.41, 5.74) is 0. The fourth-order valence-corrected chi connectivity index (χ4v) is 2.11. The molecule has 0 aromatic heterocycles. The zero-order valence-electron chi connectivity index (χ0n) is 13.5. The van der Waals surface area contributed by atoms with E-state index in [-0.39, 0.29) is 0 Å². The van der Waals surface area contributed by atoms with E-state index in [4.69, 9.17) is 4.74 Å². The molecule has 0 saturated carbocycles. The van der Waals surface area contributed by atoms with Gasteiger partial charge >= 0.3 is 0 Å². The number of nitrogens with zero attached hydrogens (tertiary/aromatic N) is 1. The molecule has 110 valence electrons. The molecule has 0 aliphatic rings. The van der Waals surface area contributed by atoms with Crippen LogP contribution < -0.4 is 5.32 Å². The largest absolute Gasteiger partial charge is 0.376 e. The molecule has 0 aliphatic heterocycles. The summed E-state index contributed by atoms with van der Waals surface area (Å²) in [5.74, 6) is 0.703. The van der Waals surface area contributed by atoms with E-state index in [0.717, 1.165) is 26.2 Å². The van der Waals surface area contributed by atoms with E-state index in [1.165, 1.54) is 0 Å². The fourth-order valence-electron chi connectivity index (χ4n) is 2.11. The SMILES string of the molecule is CC(C)CNCC(C)OCCN(C(C)C)C(C)C. The van der Waals surface area contributed by atoms with E-state index in [1.807, 2.05) is 0 Å². The average Bonchev–Trinajstić information content (AvgIpc) is 2.22. The Bertz CT molecular complexity index is 185. The second-order valence-corrected chi connectivity index (χ2v) is 6.16. The quantitative estimate of drug-likeness (QED) is 0.652. The van der Waals surface area contributed by atoms with E-state index >= 15 is 0 Å². The Morgan fingerprint density at radius 2 is 1.44 bits per heavy atom. The van der Waals surface area contributed by atoms with Gasteiger partial charge in [-0.05, 0) is 47.1 Å². The molecule has 0 spiro atoms. The van der Waals surface area contributed by atoms with E-state index in [9.17, 15) is 0 Å². The predicted octanol–water partition coefficient (Wildman–Crippen LogP) is 2.76. The Hall–Kier alpha value is -0.120. The second kappa shape index (κ2) is 9.76. The molecule has 0 aliphatic carbocycles.